The van der Waals surface area contributed by atoms with Crippen molar-refractivity contribution in [1.29, 1.82) is 0 Å². The monoisotopic (exact) mass is 172 g/mol. The molecule has 12 heavy (non-hydrogen) atoms. The zero-order chi connectivity index (χ0) is 8.81. The average molecular weight is 172 g/mol. The second-order valence-electron chi connectivity index (χ2n) is 3.59. The molecule has 1 atom stereocenters. The molecule has 0 aromatic heterocycles. The first-order valence-corrected chi connectivity index (χ1v) is 4.95. The fourth-order valence-corrected chi connectivity index (χ4v) is 1.48. The van der Waals surface area contributed by atoms with E-state index in [2.05, 4.69) is 10.4 Å². The molecule has 0 saturated carbocycles. The van der Waals surface area contributed by atoms with Gasteiger partial charge in [-0.3, -0.25) is 5.43 Å². The van der Waals surface area contributed by atoms with Crippen molar-refractivity contribution in [3.8, 4) is 0 Å². The predicted octanol–water partition coefficient (Wildman–Crippen LogP) is 0.748. The smallest absolute Gasteiger partial charge is 0.0524 e. The number of aliphatic hydroxyl groups is 1. The van der Waals surface area contributed by atoms with E-state index < -0.39 is 0 Å². The Labute approximate surface area is 74.7 Å². The van der Waals surface area contributed by atoms with Crippen LogP contribution in [0.25, 0.3) is 0 Å². The molecule has 1 saturated heterocycles. The highest BCUT2D eigenvalue weighted by Crippen LogP contribution is 2.05. The molecule has 1 heterocycles. The lowest BCUT2D eigenvalue weighted by molar-refractivity contribution is 0.130. The normalized spacial score (nSPS) is 22.5. The van der Waals surface area contributed by atoms with Gasteiger partial charge in [-0.25, -0.2) is 5.01 Å². The molecular weight excluding hydrogens is 152 g/mol. The second kappa shape index (κ2) is 5.51. The molecule has 0 radical (unpaired) electrons. The van der Waals surface area contributed by atoms with Crippen LogP contribution in [0.4, 0.5) is 0 Å². The summed E-state index contributed by atoms with van der Waals surface area (Å²) in [5.74, 6) is 0. The van der Waals surface area contributed by atoms with Crippen molar-refractivity contribution in [3.63, 3.8) is 0 Å². The quantitative estimate of drug-likeness (QED) is 0.657. The Morgan fingerprint density at radius 1 is 1.33 bits per heavy atom. The third kappa shape index (κ3) is 4.04. The molecule has 1 rings (SSSR count). The van der Waals surface area contributed by atoms with Gasteiger partial charge < -0.3 is 5.11 Å². The largest absolute Gasteiger partial charge is 0.393 e. The standard InChI is InChI=1S/C9H20N2O/c1-9(12)5-6-10-11-7-3-2-4-8-11/h9-10,12H,2-8H2,1H3. The highest BCUT2D eigenvalue weighted by Gasteiger charge is 2.08. The molecule has 1 unspecified atom stereocenters. The number of nitrogens with zero attached hydrogens (tertiary/aromatic N) is 1. The van der Waals surface area contributed by atoms with Crippen LogP contribution in [0.1, 0.15) is 32.6 Å². The summed E-state index contributed by atoms with van der Waals surface area (Å²) in [5, 5.41) is 11.3. The molecule has 1 fully saturated rings. The molecule has 3 nitrogen and oxygen atoms in total. The molecule has 1 aliphatic rings. The Morgan fingerprint density at radius 3 is 2.58 bits per heavy atom. The van der Waals surface area contributed by atoms with Gasteiger partial charge in [-0.1, -0.05) is 6.42 Å². The number of hydrazine groups is 1. The number of hydrogen-bond donors (Lipinski definition) is 2. The van der Waals surface area contributed by atoms with Gasteiger partial charge in [0, 0.05) is 19.6 Å². The molecule has 0 amide bonds. The van der Waals surface area contributed by atoms with E-state index in [1.54, 1.807) is 0 Å². The fraction of sp³-hybridized carbons (Fsp3) is 1.00. The first-order valence-electron chi connectivity index (χ1n) is 4.95. The molecule has 0 bridgehead atoms. The number of hydrogen-bond acceptors (Lipinski definition) is 3. The zero-order valence-electron chi connectivity index (χ0n) is 7.92. The molecule has 72 valence electrons. The summed E-state index contributed by atoms with van der Waals surface area (Å²) in [4.78, 5) is 0. The van der Waals surface area contributed by atoms with Gasteiger partial charge in [0.25, 0.3) is 0 Å². The van der Waals surface area contributed by atoms with Crippen molar-refractivity contribution >= 4 is 0 Å². The molecule has 1 aliphatic heterocycles. The summed E-state index contributed by atoms with van der Waals surface area (Å²) in [6, 6.07) is 0. The maximum atomic E-state index is 9.02. The van der Waals surface area contributed by atoms with E-state index in [-0.39, 0.29) is 6.10 Å². The highest BCUT2D eigenvalue weighted by molar-refractivity contribution is 4.61. The van der Waals surface area contributed by atoms with Crippen LogP contribution < -0.4 is 5.43 Å². The van der Waals surface area contributed by atoms with Crippen LogP contribution >= 0.6 is 0 Å². The van der Waals surface area contributed by atoms with Crippen molar-refractivity contribution in [2.75, 3.05) is 19.6 Å². The minimum absolute atomic E-state index is 0.178. The second-order valence-corrected chi connectivity index (χ2v) is 3.59. The fourth-order valence-electron chi connectivity index (χ4n) is 1.48. The molecule has 3 heteroatoms. The summed E-state index contributed by atoms with van der Waals surface area (Å²) in [7, 11) is 0. The number of nitrogens with one attached hydrogen (secondary N) is 1. The van der Waals surface area contributed by atoms with Gasteiger partial charge in [-0.15, -0.1) is 0 Å². The maximum absolute atomic E-state index is 9.02. The molecular formula is C9H20N2O. The molecule has 2 N–H and O–H groups in total. The Hall–Kier alpha value is -0.120. The van der Waals surface area contributed by atoms with Crippen molar-refractivity contribution in [3.05, 3.63) is 0 Å². The van der Waals surface area contributed by atoms with E-state index in [1.165, 1.54) is 32.4 Å². The average Bonchev–Trinajstić information content (AvgIpc) is 2.05. The minimum Gasteiger partial charge on any atom is -0.393 e. The first kappa shape index (κ1) is 9.96. The third-order valence-corrected chi connectivity index (χ3v) is 2.25. The van der Waals surface area contributed by atoms with Gasteiger partial charge in [0.05, 0.1) is 6.10 Å². The SMILES string of the molecule is CC(O)CCNN1CCCCC1. The van der Waals surface area contributed by atoms with Crippen molar-refractivity contribution in [2.45, 2.75) is 38.7 Å². The summed E-state index contributed by atoms with van der Waals surface area (Å²) in [6.45, 7) is 5.06. The van der Waals surface area contributed by atoms with Gasteiger partial charge >= 0.3 is 0 Å². The van der Waals surface area contributed by atoms with Gasteiger partial charge in [-0.05, 0) is 26.2 Å². The zero-order valence-corrected chi connectivity index (χ0v) is 7.92. The lowest BCUT2D eigenvalue weighted by atomic mass is 10.2. The molecule has 0 spiro atoms. The first-order chi connectivity index (χ1) is 5.79. The van der Waals surface area contributed by atoms with E-state index in [9.17, 15) is 0 Å². The summed E-state index contributed by atoms with van der Waals surface area (Å²) in [5.41, 5.74) is 3.33. The van der Waals surface area contributed by atoms with E-state index in [1.807, 2.05) is 6.92 Å². The molecule has 0 aromatic rings. The lowest BCUT2D eigenvalue weighted by Gasteiger charge is -2.27. The summed E-state index contributed by atoms with van der Waals surface area (Å²) < 4.78 is 0. The van der Waals surface area contributed by atoms with E-state index in [0.717, 1.165) is 13.0 Å². The van der Waals surface area contributed by atoms with Gasteiger partial charge in [0.15, 0.2) is 0 Å². The van der Waals surface area contributed by atoms with Crippen LogP contribution in [0.15, 0.2) is 0 Å². The van der Waals surface area contributed by atoms with Gasteiger partial charge in [0.1, 0.15) is 0 Å². The van der Waals surface area contributed by atoms with Crippen molar-refractivity contribution < 1.29 is 5.11 Å². The highest BCUT2D eigenvalue weighted by atomic mass is 16.3. The van der Waals surface area contributed by atoms with Crippen molar-refractivity contribution in [1.82, 2.24) is 10.4 Å². The van der Waals surface area contributed by atoms with Crippen LogP contribution in [-0.4, -0.2) is 35.9 Å². The number of rotatable bonds is 4. The molecule has 0 aliphatic carbocycles. The predicted molar refractivity (Wildman–Crippen MR) is 49.7 cm³/mol. The van der Waals surface area contributed by atoms with Crippen LogP contribution in [0.5, 0.6) is 0 Å². The maximum Gasteiger partial charge on any atom is 0.0524 e. The van der Waals surface area contributed by atoms with Gasteiger partial charge in [0.2, 0.25) is 0 Å². The summed E-state index contributed by atoms with van der Waals surface area (Å²) >= 11 is 0. The van der Waals surface area contributed by atoms with Gasteiger partial charge in [-0.2, -0.15) is 0 Å². The topological polar surface area (TPSA) is 35.5 Å². The Bertz CT molecular complexity index is 111. The Balaban J connectivity index is 1.98. The lowest BCUT2D eigenvalue weighted by Crippen LogP contribution is -2.42. The minimum atomic E-state index is -0.178. The van der Waals surface area contributed by atoms with Crippen LogP contribution in [-0.2, 0) is 0 Å². The van der Waals surface area contributed by atoms with E-state index in [4.69, 9.17) is 5.11 Å². The van der Waals surface area contributed by atoms with Crippen LogP contribution in [0.2, 0.25) is 0 Å². The Morgan fingerprint density at radius 2 is 2.00 bits per heavy atom. The number of aliphatic hydroxyl groups excluding tert-OH is 1. The Kier molecular flexibility index (Phi) is 4.58. The van der Waals surface area contributed by atoms with E-state index in [0.29, 0.717) is 0 Å². The summed E-state index contributed by atoms with van der Waals surface area (Å²) in [6.07, 6.45) is 4.65. The molecule has 0 aromatic carbocycles. The van der Waals surface area contributed by atoms with E-state index >= 15 is 0 Å². The third-order valence-electron chi connectivity index (χ3n) is 2.25. The van der Waals surface area contributed by atoms with Crippen LogP contribution in [0.3, 0.4) is 0 Å². The van der Waals surface area contributed by atoms with Crippen molar-refractivity contribution in [2.24, 2.45) is 0 Å². The van der Waals surface area contributed by atoms with Crippen LogP contribution in [0, 0.1) is 0 Å². The number of piperidine rings is 1.